The summed E-state index contributed by atoms with van der Waals surface area (Å²) in [6.07, 6.45) is 1.28. The molecule has 0 bridgehead atoms. The minimum absolute atomic E-state index is 0.292. The number of esters is 1. The van der Waals surface area contributed by atoms with Gasteiger partial charge in [-0.25, -0.2) is 6.57 Å². The lowest BCUT2D eigenvalue weighted by molar-refractivity contribution is -0.146. The minimum atomic E-state index is -0.563. The molecule has 0 aliphatic rings. The van der Waals surface area contributed by atoms with Gasteiger partial charge in [-0.1, -0.05) is 13.8 Å². The van der Waals surface area contributed by atoms with Crippen LogP contribution in [0.3, 0.4) is 0 Å². The van der Waals surface area contributed by atoms with Gasteiger partial charge in [0.05, 0.1) is 6.42 Å². The molecule has 0 heterocycles. The molecule has 0 radical (unpaired) electrons. The summed E-state index contributed by atoms with van der Waals surface area (Å²) in [6, 6.07) is 0. The van der Waals surface area contributed by atoms with E-state index in [0.29, 0.717) is 12.8 Å². The first-order valence-electron chi connectivity index (χ1n) is 3.80. The lowest BCUT2D eigenvalue weighted by Gasteiger charge is -2.03. The highest BCUT2D eigenvalue weighted by atomic mass is 16.6. The third-order valence-electron chi connectivity index (χ3n) is 1.24. The predicted octanol–water partition coefficient (Wildman–Crippen LogP) is 1.99. The van der Waals surface area contributed by atoms with Gasteiger partial charge in [0.2, 0.25) is 0 Å². The van der Waals surface area contributed by atoms with Gasteiger partial charge in [-0.15, -0.1) is 0 Å². The number of ether oxygens (including phenoxy) is 1. The molecule has 3 heteroatoms. The van der Waals surface area contributed by atoms with E-state index >= 15 is 0 Å². The standard InChI is InChI=1S/C8H13NO2/c1-4-6-7(9-3)11-8(10)5-2/h7H,4-6H2,1-2H3. The zero-order chi connectivity index (χ0) is 8.69. The summed E-state index contributed by atoms with van der Waals surface area (Å²) in [4.78, 5) is 13.9. The molecular formula is C8H13NO2. The van der Waals surface area contributed by atoms with Crippen LogP contribution in [0.15, 0.2) is 0 Å². The Labute approximate surface area is 67.2 Å². The zero-order valence-electron chi connectivity index (χ0n) is 6.96. The van der Waals surface area contributed by atoms with Crippen molar-refractivity contribution in [3.05, 3.63) is 11.4 Å². The van der Waals surface area contributed by atoms with E-state index in [4.69, 9.17) is 11.3 Å². The number of carbonyl (C=O) groups excluding carboxylic acids is 1. The van der Waals surface area contributed by atoms with Crippen molar-refractivity contribution in [3.8, 4) is 0 Å². The van der Waals surface area contributed by atoms with Crippen molar-refractivity contribution < 1.29 is 9.53 Å². The highest BCUT2D eigenvalue weighted by Crippen LogP contribution is 2.04. The van der Waals surface area contributed by atoms with Crippen LogP contribution in [-0.2, 0) is 9.53 Å². The first-order chi connectivity index (χ1) is 5.24. The Hall–Kier alpha value is -1.04. The van der Waals surface area contributed by atoms with Gasteiger partial charge in [0.25, 0.3) is 0 Å². The quantitative estimate of drug-likeness (QED) is 0.459. The molecule has 0 N–H and O–H groups in total. The Balaban J connectivity index is 3.70. The van der Waals surface area contributed by atoms with Crippen LogP contribution >= 0.6 is 0 Å². The molecule has 0 aliphatic heterocycles. The molecule has 0 amide bonds. The molecule has 0 aromatic rings. The van der Waals surface area contributed by atoms with Gasteiger partial charge in [0.15, 0.2) is 0 Å². The second-order valence-corrected chi connectivity index (χ2v) is 2.22. The second kappa shape index (κ2) is 5.72. The van der Waals surface area contributed by atoms with Gasteiger partial charge in [0.1, 0.15) is 0 Å². The molecule has 0 aromatic heterocycles. The molecule has 1 unspecified atom stereocenters. The van der Waals surface area contributed by atoms with Crippen LogP contribution in [0.5, 0.6) is 0 Å². The van der Waals surface area contributed by atoms with Gasteiger partial charge in [-0.05, 0) is 6.42 Å². The van der Waals surface area contributed by atoms with E-state index in [1.807, 2.05) is 6.92 Å². The monoisotopic (exact) mass is 155 g/mol. The van der Waals surface area contributed by atoms with Crippen molar-refractivity contribution in [2.24, 2.45) is 0 Å². The summed E-state index contributed by atoms with van der Waals surface area (Å²) >= 11 is 0. The number of hydrogen-bond acceptors (Lipinski definition) is 2. The van der Waals surface area contributed by atoms with Crippen molar-refractivity contribution in [2.45, 2.75) is 39.3 Å². The summed E-state index contributed by atoms with van der Waals surface area (Å²) in [6.45, 7) is 10.4. The van der Waals surface area contributed by atoms with E-state index in [1.54, 1.807) is 6.92 Å². The average molecular weight is 155 g/mol. The third kappa shape index (κ3) is 4.38. The largest absolute Gasteiger partial charge is 0.391 e. The second-order valence-electron chi connectivity index (χ2n) is 2.22. The fourth-order valence-corrected chi connectivity index (χ4v) is 0.632. The van der Waals surface area contributed by atoms with Crippen LogP contribution in [0.25, 0.3) is 4.85 Å². The first kappa shape index (κ1) is 9.96. The summed E-state index contributed by atoms with van der Waals surface area (Å²) in [5.41, 5.74) is 0. The van der Waals surface area contributed by atoms with Crippen molar-refractivity contribution >= 4 is 5.97 Å². The molecule has 0 fully saturated rings. The van der Waals surface area contributed by atoms with Crippen LogP contribution in [0.2, 0.25) is 0 Å². The van der Waals surface area contributed by atoms with Crippen LogP contribution in [0, 0.1) is 6.57 Å². The molecule has 1 atom stereocenters. The zero-order valence-corrected chi connectivity index (χ0v) is 6.96. The van der Waals surface area contributed by atoms with Gasteiger partial charge in [0, 0.05) is 6.42 Å². The molecule has 0 aliphatic carbocycles. The predicted molar refractivity (Wildman–Crippen MR) is 41.7 cm³/mol. The summed E-state index contributed by atoms with van der Waals surface area (Å²) in [5, 5.41) is 0. The van der Waals surface area contributed by atoms with Crippen molar-refractivity contribution in [1.29, 1.82) is 0 Å². The first-order valence-corrected chi connectivity index (χ1v) is 3.80. The van der Waals surface area contributed by atoms with E-state index in [2.05, 4.69) is 4.85 Å². The third-order valence-corrected chi connectivity index (χ3v) is 1.24. The van der Waals surface area contributed by atoms with E-state index in [1.165, 1.54) is 0 Å². The average Bonchev–Trinajstić information content (AvgIpc) is 2.03. The number of hydrogen-bond donors (Lipinski definition) is 0. The lowest BCUT2D eigenvalue weighted by Crippen LogP contribution is -2.13. The van der Waals surface area contributed by atoms with Crippen LogP contribution < -0.4 is 0 Å². The Morgan fingerprint density at radius 3 is 2.64 bits per heavy atom. The normalized spacial score (nSPS) is 11.7. The number of nitrogens with zero attached hydrogens (tertiary/aromatic N) is 1. The Bertz CT molecular complexity index is 160. The molecule has 0 aromatic carbocycles. The number of carbonyl (C=O) groups is 1. The van der Waals surface area contributed by atoms with Gasteiger partial charge in [-0.2, -0.15) is 0 Å². The maximum atomic E-state index is 10.7. The smallest absolute Gasteiger partial charge is 0.368 e. The summed E-state index contributed by atoms with van der Waals surface area (Å²) < 4.78 is 4.80. The molecule has 11 heavy (non-hydrogen) atoms. The van der Waals surface area contributed by atoms with E-state index < -0.39 is 6.23 Å². The van der Waals surface area contributed by atoms with Gasteiger partial charge in [-0.3, -0.25) is 9.64 Å². The number of rotatable bonds is 4. The van der Waals surface area contributed by atoms with E-state index in [0.717, 1.165) is 6.42 Å². The van der Waals surface area contributed by atoms with Gasteiger partial charge < -0.3 is 4.74 Å². The van der Waals surface area contributed by atoms with Crippen molar-refractivity contribution in [2.75, 3.05) is 0 Å². The van der Waals surface area contributed by atoms with Crippen molar-refractivity contribution in [1.82, 2.24) is 0 Å². The van der Waals surface area contributed by atoms with Gasteiger partial charge >= 0.3 is 12.2 Å². The van der Waals surface area contributed by atoms with E-state index in [9.17, 15) is 4.79 Å². The van der Waals surface area contributed by atoms with Crippen LogP contribution in [0.1, 0.15) is 33.1 Å². The lowest BCUT2D eigenvalue weighted by atomic mass is 10.3. The molecule has 0 spiro atoms. The molecule has 3 nitrogen and oxygen atoms in total. The maximum absolute atomic E-state index is 10.7. The van der Waals surface area contributed by atoms with Crippen molar-refractivity contribution in [3.63, 3.8) is 0 Å². The Morgan fingerprint density at radius 1 is 1.64 bits per heavy atom. The fourth-order valence-electron chi connectivity index (χ4n) is 0.632. The molecule has 0 rings (SSSR count). The summed E-state index contributed by atoms with van der Waals surface area (Å²) in [7, 11) is 0. The molecular weight excluding hydrogens is 142 g/mol. The molecule has 0 saturated heterocycles. The summed E-state index contributed by atoms with van der Waals surface area (Å²) in [5.74, 6) is -0.292. The minimum Gasteiger partial charge on any atom is -0.391 e. The van der Waals surface area contributed by atoms with E-state index in [-0.39, 0.29) is 5.97 Å². The molecule has 0 saturated carbocycles. The Kier molecular flexibility index (Phi) is 5.18. The highest BCUT2D eigenvalue weighted by Gasteiger charge is 2.14. The fraction of sp³-hybridized carbons (Fsp3) is 0.750. The maximum Gasteiger partial charge on any atom is 0.368 e. The van der Waals surface area contributed by atoms with Crippen LogP contribution in [0.4, 0.5) is 0 Å². The molecule has 62 valence electrons. The highest BCUT2D eigenvalue weighted by molar-refractivity contribution is 5.69. The SMILES string of the molecule is [C-]#[N+]C(CCC)OC(=O)CC. The topological polar surface area (TPSA) is 30.7 Å². The Morgan fingerprint density at radius 2 is 2.27 bits per heavy atom. The van der Waals surface area contributed by atoms with Crippen LogP contribution in [-0.4, -0.2) is 12.2 Å².